The minimum absolute atomic E-state index is 0.0438. The standard InChI is InChI=1S/C8H9BrN2O4S.C7H6BrNO3/c1-15-8-6(3-5(9)4-10-8)7(12)11-16(2,13)14;1-12-6-5(7(10)11)2-4(8)3-9-6/h3-4H,1-2H3,(H,11,12);2-3H,1H3,(H,10,11). The lowest BCUT2D eigenvalue weighted by Gasteiger charge is -2.07. The van der Waals surface area contributed by atoms with Crippen LogP contribution in [0.1, 0.15) is 20.7 Å². The summed E-state index contributed by atoms with van der Waals surface area (Å²) in [6.45, 7) is 0. The van der Waals surface area contributed by atoms with Crippen LogP contribution in [0.2, 0.25) is 0 Å². The number of carbonyl (C=O) groups is 2. The Kier molecular flexibility index (Phi) is 8.78. The number of methoxy groups -OCH3 is 2. The van der Waals surface area contributed by atoms with Gasteiger partial charge in [-0.15, -0.1) is 0 Å². The highest BCUT2D eigenvalue weighted by Gasteiger charge is 2.17. The van der Waals surface area contributed by atoms with Gasteiger partial charge >= 0.3 is 5.97 Å². The summed E-state index contributed by atoms with van der Waals surface area (Å²) in [5.41, 5.74) is 0.0918. The van der Waals surface area contributed by atoms with E-state index in [1.165, 1.54) is 38.7 Å². The molecule has 0 spiro atoms. The van der Waals surface area contributed by atoms with Crippen LogP contribution in [0, 0.1) is 0 Å². The third kappa shape index (κ3) is 7.40. The third-order valence-corrected chi connectivity index (χ3v) is 4.20. The molecule has 0 aliphatic carbocycles. The van der Waals surface area contributed by atoms with Gasteiger partial charge in [-0.25, -0.2) is 27.9 Å². The van der Waals surface area contributed by atoms with E-state index in [1.54, 1.807) is 0 Å². The van der Waals surface area contributed by atoms with Gasteiger partial charge in [0.2, 0.25) is 21.8 Å². The van der Waals surface area contributed by atoms with Crippen LogP contribution in [-0.4, -0.2) is 55.8 Å². The Labute approximate surface area is 177 Å². The largest absolute Gasteiger partial charge is 0.480 e. The third-order valence-electron chi connectivity index (χ3n) is 2.78. The second kappa shape index (κ2) is 10.3. The number of sulfonamides is 1. The first-order valence-electron chi connectivity index (χ1n) is 7.13. The van der Waals surface area contributed by atoms with Crippen LogP contribution in [0.3, 0.4) is 0 Å². The number of carboxylic acid groups (broad SMARTS) is 1. The molecule has 2 aromatic rings. The van der Waals surface area contributed by atoms with Gasteiger partial charge in [-0.3, -0.25) is 4.79 Å². The average Bonchev–Trinajstić information content (AvgIpc) is 2.60. The lowest BCUT2D eigenvalue weighted by Crippen LogP contribution is -2.29. The van der Waals surface area contributed by atoms with Crippen LogP contribution in [-0.2, 0) is 10.0 Å². The molecule has 0 bridgehead atoms. The molecule has 2 N–H and O–H groups in total. The minimum Gasteiger partial charge on any atom is -0.480 e. The monoisotopic (exact) mass is 539 g/mol. The van der Waals surface area contributed by atoms with Crippen molar-refractivity contribution in [2.75, 3.05) is 20.5 Å². The molecule has 0 aliphatic rings. The molecule has 28 heavy (non-hydrogen) atoms. The molecule has 0 atom stereocenters. The maximum Gasteiger partial charge on any atom is 0.341 e. The van der Waals surface area contributed by atoms with Crippen LogP contribution in [0.25, 0.3) is 0 Å². The van der Waals surface area contributed by atoms with Crippen LogP contribution in [0.15, 0.2) is 33.5 Å². The molecular formula is C15H15Br2N3O7S. The van der Waals surface area contributed by atoms with E-state index in [0.717, 1.165) is 6.26 Å². The van der Waals surface area contributed by atoms with Crippen molar-refractivity contribution in [2.45, 2.75) is 0 Å². The summed E-state index contributed by atoms with van der Waals surface area (Å²) in [5.74, 6) is -1.66. The van der Waals surface area contributed by atoms with Crippen molar-refractivity contribution in [1.82, 2.24) is 14.7 Å². The Hall–Kier alpha value is -2.25. The molecule has 13 heteroatoms. The predicted octanol–water partition coefficient (Wildman–Crippen LogP) is 2.09. The Morgan fingerprint density at radius 1 is 1.00 bits per heavy atom. The maximum atomic E-state index is 11.6. The zero-order valence-corrected chi connectivity index (χ0v) is 18.8. The van der Waals surface area contributed by atoms with Crippen LogP contribution >= 0.6 is 31.9 Å². The van der Waals surface area contributed by atoms with E-state index < -0.39 is 21.9 Å². The van der Waals surface area contributed by atoms with Crippen molar-refractivity contribution < 1.29 is 32.6 Å². The van der Waals surface area contributed by atoms with Gasteiger partial charge in [0.1, 0.15) is 11.1 Å². The number of nitrogens with one attached hydrogen (secondary N) is 1. The number of halogens is 2. The lowest BCUT2D eigenvalue weighted by atomic mass is 10.2. The van der Waals surface area contributed by atoms with Crippen molar-refractivity contribution in [1.29, 1.82) is 0 Å². The summed E-state index contributed by atoms with van der Waals surface area (Å²) in [7, 11) is -0.889. The quantitative estimate of drug-likeness (QED) is 0.582. The first-order valence-corrected chi connectivity index (χ1v) is 10.6. The normalized spacial score (nSPS) is 10.3. The van der Waals surface area contributed by atoms with E-state index in [1.807, 2.05) is 4.72 Å². The highest BCUT2D eigenvalue weighted by atomic mass is 79.9. The summed E-state index contributed by atoms with van der Waals surface area (Å²) in [6.07, 6.45) is 3.81. The molecule has 0 saturated heterocycles. The SMILES string of the molecule is COc1ncc(Br)cc1C(=O)NS(C)(=O)=O.COc1ncc(Br)cc1C(=O)O. The number of hydrogen-bond acceptors (Lipinski definition) is 8. The van der Waals surface area contributed by atoms with Crippen LogP contribution in [0.4, 0.5) is 0 Å². The number of aromatic nitrogens is 2. The van der Waals surface area contributed by atoms with E-state index in [9.17, 15) is 18.0 Å². The van der Waals surface area contributed by atoms with Gasteiger partial charge in [-0.05, 0) is 44.0 Å². The number of carboxylic acids is 1. The molecule has 0 radical (unpaired) electrons. The molecule has 2 heterocycles. The number of pyridine rings is 2. The molecule has 2 aromatic heterocycles. The van der Waals surface area contributed by atoms with Gasteiger partial charge < -0.3 is 14.6 Å². The second-order valence-corrected chi connectivity index (χ2v) is 8.51. The zero-order valence-electron chi connectivity index (χ0n) is 14.8. The van der Waals surface area contributed by atoms with E-state index in [4.69, 9.17) is 14.6 Å². The van der Waals surface area contributed by atoms with Gasteiger partial charge in [0, 0.05) is 21.3 Å². The number of carbonyl (C=O) groups excluding carboxylic acids is 1. The van der Waals surface area contributed by atoms with E-state index in [0.29, 0.717) is 8.95 Å². The van der Waals surface area contributed by atoms with Crippen molar-refractivity contribution in [3.05, 3.63) is 44.6 Å². The van der Waals surface area contributed by atoms with Crippen molar-refractivity contribution in [3.8, 4) is 11.8 Å². The van der Waals surface area contributed by atoms with Gasteiger partial charge in [0.25, 0.3) is 5.91 Å². The van der Waals surface area contributed by atoms with Gasteiger partial charge in [-0.1, -0.05) is 0 Å². The molecule has 0 aliphatic heterocycles. The molecular weight excluding hydrogens is 526 g/mol. The predicted molar refractivity (Wildman–Crippen MR) is 106 cm³/mol. The van der Waals surface area contributed by atoms with Crippen molar-refractivity contribution >= 4 is 53.8 Å². The summed E-state index contributed by atoms with van der Waals surface area (Å²) in [5, 5.41) is 8.68. The zero-order chi connectivity index (χ0) is 21.5. The van der Waals surface area contributed by atoms with Crippen LogP contribution in [0.5, 0.6) is 11.8 Å². The fourth-order valence-electron chi connectivity index (χ4n) is 1.72. The highest BCUT2D eigenvalue weighted by Crippen LogP contribution is 2.20. The first kappa shape index (κ1) is 23.8. The van der Waals surface area contributed by atoms with Crippen molar-refractivity contribution in [2.24, 2.45) is 0 Å². The van der Waals surface area contributed by atoms with E-state index >= 15 is 0 Å². The van der Waals surface area contributed by atoms with Gasteiger partial charge in [-0.2, -0.15) is 0 Å². The molecule has 10 nitrogen and oxygen atoms in total. The number of nitrogens with zero attached hydrogens (tertiary/aromatic N) is 2. The molecule has 152 valence electrons. The molecule has 2 rings (SSSR count). The number of ether oxygens (including phenoxy) is 2. The molecule has 0 saturated carbocycles. The van der Waals surface area contributed by atoms with Gasteiger partial charge in [0.15, 0.2) is 0 Å². The number of amides is 1. The topological polar surface area (TPSA) is 145 Å². The molecule has 0 unspecified atom stereocenters. The fraction of sp³-hybridized carbons (Fsp3) is 0.200. The smallest absolute Gasteiger partial charge is 0.341 e. The minimum atomic E-state index is -3.61. The Balaban J connectivity index is 0.000000292. The Bertz CT molecular complexity index is 984. The summed E-state index contributed by atoms with van der Waals surface area (Å²) < 4.78 is 34.4. The lowest BCUT2D eigenvalue weighted by molar-refractivity contribution is 0.0692. The number of aromatic carboxylic acids is 1. The number of rotatable bonds is 5. The number of hydrogen-bond donors (Lipinski definition) is 2. The molecule has 0 fully saturated rings. The Morgan fingerprint density at radius 3 is 1.82 bits per heavy atom. The summed E-state index contributed by atoms with van der Waals surface area (Å²) >= 11 is 6.24. The average molecular weight is 541 g/mol. The molecule has 1 amide bonds. The van der Waals surface area contributed by atoms with E-state index in [2.05, 4.69) is 41.8 Å². The van der Waals surface area contributed by atoms with Crippen molar-refractivity contribution in [3.63, 3.8) is 0 Å². The van der Waals surface area contributed by atoms with Crippen LogP contribution < -0.4 is 14.2 Å². The second-order valence-electron chi connectivity index (χ2n) is 4.93. The highest BCUT2D eigenvalue weighted by molar-refractivity contribution is 9.10. The van der Waals surface area contributed by atoms with Gasteiger partial charge in [0.05, 0.1) is 20.5 Å². The molecule has 0 aromatic carbocycles. The fourth-order valence-corrected chi connectivity index (χ4v) is 2.83. The summed E-state index contributed by atoms with van der Waals surface area (Å²) in [4.78, 5) is 29.7. The first-order chi connectivity index (χ1) is 13.0. The summed E-state index contributed by atoms with van der Waals surface area (Å²) in [6, 6.07) is 2.86. The maximum absolute atomic E-state index is 11.6. The Morgan fingerprint density at radius 2 is 1.43 bits per heavy atom. The van der Waals surface area contributed by atoms with E-state index in [-0.39, 0.29) is 22.9 Å².